The minimum Gasteiger partial charge on any atom is -0.399 e. The first-order chi connectivity index (χ1) is 9.99. The summed E-state index contributed by atoms with van der Waals surface area (Å²) in [5.41, 5.74) is 7.96. The maximum atomic E-state index is 12.2. The van der Waals surface area contributed by atoms with Crippen molar-refractivity contribution in [3.05, 3.63) is 23.8 Å². The summed E-state index contributed by atoms with van der Waals surface area (Å²) in [5.74, 6) is -0.0154. The predicted molar refractivity (Wildman–Crippen MR) is 89.8 cm³/mol. The summed E-state index contributed by atoms with van der Waals surface area (Å²) in [6.45, 7) is 8.23. The van der Waals surface area contributed by atoms with Crippen molar-refractivity contribution in [2.24, 2.45) is 0 Å². The van der Waals surface area contributed by atoms with Gasteiger partial charge in [0.15, 0.2) is 0 Å². The van der Waals surface area contributed by atoms with Gasteiger partial charge in [-0.05, 0) is 37.7 Å². The maximum Gasteiger partial charge on any atom is 0.255 e. The Morgan fingerprint density at radius 1 is 1.24 bits per heavy atom. The van der Waals surface area contributed by atoms with E-state index in [1.54, 1.807) is 31.1 Å². The van der Waals surface area contributed by atoms with Crippen LogP contribution in [-0.4, -0.2) is 56.0 Å². The Morgan fingerprint density at radius 3 is 2.52 bits per heavy atom. The van der Waals surface area contributed by atoms with Crippen LogP contribution >= 0.6 is 0 Å². The number of likely N-dealkylation sites (N-methyl/N-ethyl adjacent to an activating group) is 1. The van der Waals surface area contributed by atoms with Crippen LogP contribution in [0.2, 0.25) is 0 Å². The molecule has 0 atom stereocenters. The van der Waals surface area contributed by atoms with Gasteiger partial charge in [0.05, 0.1) is 5.56 Å². The molecule has 21 heavy (non-hydrogen) atoms. The zero-order chi connectivity index (χ0) is 15.8. The number of anilines is 2. The Kier molecular flexibility index (Phi) is 7.02. The van der Waals surface area contributed by atoms with E-state index in [0.717, 1.165) is 38.3 Å². The molecule has 0 unspecified atom stereocenters. The summed E-state index contributed by atoms with van der Waals surface area (Å²) in [5, 5.41) is 3.34. The number of benzene rings is 1. The lowest BCUT2D eigenvalue weighted by Crippen LogP contribution is -2.30. The van der Waals surface area contributed by atoms with Gasteiger partial charge < -0.3 is 20.9 Å². The number of nitrogen functional groups attached to an aromatic ring is 1. The summed E-state index contributed by atoms with van der Waals surface area (Å²) in [6, 6.07) is 5.37. The van der Waals surface area contributed by atoms with Crippen LogP contribution in [-0.2, 0) is 0 Å². The lowest BCUT2D eigenvalue weighted by Gasteiger charge is -2.21. The van der Waals surface area contributed by atoms with Crippen LogP contribution in [0.25, 0.3) is 0 Å². The van der Waals surface area contributed by atoms with Crippen LogP contribution in [0.4, 0.5) is 11.4 Å². The van der Waals surface area contributed by atoms with E-state index in [1.807, 2.05) is 6.07 Å². The highest BCUT2D eigenvalue weighted by atomic mass is 16.2. The molecular formula is C16H28N4O. The first kappa shape index (κ1) is 17.3. The smallest absolute Gasteiger partial charge is 0.255 e. The number of amides is 1. The summed E-state index contributed by atoms with van der Waals surface area (Å²) in [7, 11) is 3.51. The van der Waals surface area contributed by atoms with Crippen molar-refractivity contribution in [1.29, 1.82) is 0 Å². The highest BCUT2D eigenvalue weighted by molar-refractivity contribution is 5.99. The standard InChI is InChI=1S/C16H28N4O/c1-5-10-20(6-2)11-9-18-15-12-13(17)7-8-14(15)16(21)19(3)4/h7-8,12,18H,5-6,9-11,17H2,1-4H3. The fourth-order valence-corrected chi connectivity index (χ4v) is 2.23. The number of nitrogens with zero attached hydrogens (tertiary/aromatic N) is 2. The van der Waals surface area contributed by atoms with Gasteiger partial charge >= 0.3 is 0 Å². The predicted octanol–water partition coefficient (Wildman–Crippen LogP) is 2.11. The quantitative estimate of drug-likeness (QED) is 0.720. The van der Waals surface area contributed by atoms with Gasteiger partial charge in [-0.1, -0.05) is 13.8 Å². The number of hydrogen-bond donors (Lipinski definition) is 2. The van der Waals surface area contributed by atoms with E-state index in [1.165, 1.54) is 0 Å². The Morgan fingerprint density at radius 2 is 1.95 bits per heavy atom. The van der Waals surface area contributed by atoms with Crippen LogP contribution in [0.3, 0.4) is 0 Å². The molecule has 1 rings (SSSR count). The van der Waals surface area contributed by atoms with Gasteiger partial charge in [0.25, 0.3) is 5.91 Å². The van der Waals surface area contributed by atoms with E-state index in [4.69, 9.17) is 5.73 Å². The monoisotopic (exact) mass is 292 g/mol. The first-order valence-corrected chi connectivity index (χ1v) is 7.57. The van der Waals surface area contributed by atoms with Crippen LogP contribution in [0.15, 0.2) is 18.2 Å². The second kappa shape index (κ2) is 8.52. The van der Waals surface area contributed by atoms with Crippen molar-refractivity contribution in [1.82, 2.24) is 9.80 Å². The summed E-state index contributed by atoms with van der Waals surface area (Å²) in [4.78, 5) is 16.1. The molecule has 5 heteroatoms. The number of rotatable bonds is 8. The molecule has 0 spiro atoms. The fraction of sp³-hybridized carbons (Fsp3) is 0.562. The number of hydrogen-bond acceptors (Lipinski definition) is 4. The molecule has 0 radical (unpaired) electrons. The molecule has 5 nitrogen and oxygen atoms in total. The zero-order valence-electron chi connectivity index (χ0n) is 13.6. The van der Waals surface area contributed by atoms with Crippen molar-refractivity contribution >= 4 is 17.3 Å². The highest BCUT2D eigenvalue weighted by Gasteiger charge is 2.13. The van der Waals surface area contributed by atoms with Gasteiger partial charge in [0.1, 0.15) is 0 Å². The molecule has 0 aliphatic heterocycles. The highest BCUT2D eigenvalue weighted by Crippen LogP contribution is 2.20. The molecule has 0 bridgehead atoms. The molecule has 0 saturated heterocycles. The lowest BCUT2D eigenvalue weighted by molar-refractivity contribution is 0.0828. The summed E-state index contributed by atoms with van der Waals surface area (Å²) in [6.07, 6.45) is 1.15. The van der Waals surface area contributed by atoms with Crippen molar-refractivity contribution in [3.8, 4) is 0 Å². The van der Waals surface area contributed by atoms with E-state index in [2.05, 4.69) is 24.1 Å². The molecule has 1 amide bonds. The second-order valence-corrected chi connectivity index (χ2v) is 5.37. The average molecular weight is 292 g/mol. The van der Waals surface area contributed by atoms with E-state index in [0.29, 0.717) is 11.3 Å². The molecule has 1 aromatic carbocycles. The van der Waals surface area contributed by atoms with E-state index < -0.39 is 0 Å². The lowest BCUT2D eigenvalue weighted by atomic mass is 10.1. The van der Waals surface area contributed by atoms with Crippen molar-refractivity contribution in [2.45, 2.75) is 20.3 Å². The van der Waals surface area contributed by atoms with Crippen LogP contribution in [0.1, 0.15) is 30.6 Å². The molecule has 3 N–H and O–H groups in total. The summed E-state index contributed by atoms with van der Waals surface area (Å²) < 4.78 is 0. The third-order valence-corrected chi connectivity index (χ3v) is 3.41. The van der Waals surface area contributed by atoms with Gasteiger partial charge in [-0.3, -0.25) is 4.79 Å². The Hall–Kier alpha value is -1.75. The molecule has 0 aromatic heterocycles. The van der Waals surface area contributed by atoms with E-state index in [9.17, 15) is 4.79 Å². The third kappa shape index (κ3) is 5.27. The third-order valence-electron chi connectivity index (χ3n) is 3.41. The average Bonchev–Trinajstić information content (AvgIpc) is 2.45. The molecule has 118 valence electrons. The minimum atomic E-state index is -0.0154. The molecule has 0 aliphatic carbocycles. The summed E-state index contributed by atoms with van der Waals surface area (Å²) >= 11 is 0. The van der Waals surface area contributed by atoms with Gasteiger partial charge in [-0.15, -0.1) is 0 Å². The minimum absolute atomic E-state index is 0.0154. The normalized spacial score (nSPS) is 10.7. The first-order valence-electron chi connectivity index (χ1n) is 7.57. The fourth-order valence-electron chi connectivity index (χ4n) is 2.23. The molecule has 1 aromatic rings. The number of carbonyl (C=O) groups excluding carboxylic acids is 1. The van der Waals surface area contributed by atoms with Crippen molar-refractivity contribution < 1.29 is 4.79 Å². The van der Waals surface area contributed by atoms with Crippen molar-refractivity contribution in [2.75, 3.05) is 51.3 Å². The Balaban J connectivity index is 2.73. The van der Waals surface area contributed by atoms with Gasteiger partial charge in [-0.25, -0.2) is 0 Å². The maximum absolute atomic E-state index is 12.2. The van der Waals surface area contributed by atoms with Gasteiger partial charge in [-0.2, -0.15) is 0 Å². The number of carbonyl (C=O) groups is 1. The van der Waals surface area contributed by atoms with Gasteiger partial charge in [0, 0.05) is 38.6 Å². The molecular weight excluding hydrogens is 264 g/mol. The van der Waals surface area contributed by atoms with Crippen LogP contribution in [0.5, 0.6) is 0 Å². The zero-order valence-corrected chi connectivity index (χ0v) is 13.6. The van der Waals surface area contributed by atoms with Crippen molar-refractivity contribution in [3.63, 3.8) is 0 Å². The molecule has 0 aliphatic rings. The largest absolute Gasteiger partial charge is 0.399 e. The second-order valence-electron chi connectivity index (χ2n) is 5.37. The molecule has 0 fully saturated rings. The SMILES string of the molecule is CCCN(CC)CCNc1cc(N)ccc1C(=O)N(C)C. The Bertz CT molecular complexity index is 460. The van der Waals surface area contributed by atoms with Gasteiger partial charge in [0.2, 0.25) is 0 Å². The van der Waals surface area contributed by atoms with E-state index in [-0.39, 0.29) is 5.91 Å². The molecule has 0 heterocycles. The van der Waals surface area contributed by atoms with Crippen LogP contribution in [0, 0.1) is 0 Å². The number of nitrogens with two attached hydrogens (primary N) is 1. The molecule has 0 saturated carbocycles. The van der Waals surface area contributed by atoms with E-state index >= 15 is 0 Å². The number of nitrogens with one attached hydrogen (secondary N) is 1. The topological polar surface area (TPSA) is 61.6 Å². The van der Waals surface area contributed by atoms with Crippen LogP contribution < -0.4 is 11.1 Å². The Labute approximate surface area is 128 Å².